The van der Waals surface area contributed by atoms with Crippen LogP contribution < -0.4 is 0 Å². The van der Waals surface area contributed by atoms with Crippen molar-refractivity contribution < 1.29 is 10.2 Å². The van der Waals surface area contributed by atoms with Crippen molar-refractivity contribution >= 4 is 0 Å². The lowest BCUT2D eigenvalue weighted by Gasteiger charge is -2.20. The number of fused-ring (bicyclic) bond motifs is 1. The smallest absolute Gasteiger partial charge is 0.0916 e. The fraction of sp³-hybridized carbons (Fsp3) is 0.571. The van der Waals surface area contributed by atoms with Crippen LogP contribution in [-0.4, -0.2) is 41.9 Å². The number of nitrogens with zero attached hydrogens (tertiary/aromatic N) is 1. The van der Waals surface area contributed by atoms with Crippen LogP contribution in [0.15, 0.2) is 18.2 Å². The van der Waals surface area contributed by atoms with Crippen molar-refractivity contribution in [2.75, 3.05) is 26.7 Å². The van der Waals surface area contributed by atoms with Gasteiger partial charge in [-0.1, -0.05) is 18.2 Å². The van der Waals surface area contributed by atoms with Crippen LogP contribution >= 0.6 is 0 Å². The fourth-order valence-electron chi connectivity index (χ4n) is 2.46. The lowest BCUT2D eigenvalue weighted by atomic mass is 10.0. The van der Waals surface area contributed by atoms with E-state index in [4.69, 9.17) is 5.11 Å². The molecule has 3 nitrogen and oxygen atoms in total. The fourth-order valence-corrected chi connectivity index (χ4v) is 2.46. The van der Waals surface area contributed by atoms with Crippen molar-refractivity contribution in [3.05, 3.63) is 34.9 Å². The molecule has 1 aromatic rings. The number of benzene rings is 1. The second-order valence-corrected chi connectivity index (χ2v) is 4.88. The van der Waals surface area contributed by atoms with E-state index < -0.39 is 6.10 Å². The maximum Gasteiger partial charge on any atom is 0.0916 e. The summed E-state index contributed by atoms with van der Waals surface area (Å²) in [6.07, 6.45) is 3.09. The first-order valence-corrected chi connectivity index (χ1v) is 6.30. The van der Waals surface area contributed by atoms with Crippen molar-refractivity contribution in [3.63, 3.8) is 0 Å². The molecule has 0 fully saturated rings. The van der Waals surface area contributed by atoms with E-state index in [-0.39, 0.29) is 6.61 Å². The first-order valence-electron chi connectivity index (χ1n) is 6.30. The second kappa shape index (κ2) is 5.63. The van der Waals surface area contributed by atoms with Crippen LogP contribution in [0.4, 0.5) is 0 Å². The maximum atomic E-state index is 10.1. The van der Waals surface area contributed by atoms with Crippen LogP contribution in [-0.2, 0) is 12.8 Å². The molecular formula is C14H21NO2. The van der Waals surface area contributed by atoms with Crippen molar-refractivity contribution in [1.82, 2.24) is 4.90 Å². The van der Waals surface area contributed by atoms with Crippen molar-refractivity contribution in [2.45, 2.75) is 25.4 Å². The highest BCUT2D eigenvalue weighted by molar-refractivity contribution is 5.36. The van der Waals surface area contributed by atoms with Crippen molar-refractivity contribution in [3.8, 4) is 0 Å². The van der Waals surface area contributed by atoms with Crippen molar-refractivity contribution in [2.24, 2.45) is 0 Å². The van der Waals surface area contributed by atoms with E-state index in [1.807, 2.05) is 18.0 Å². The molecule has 2 rings (SSSR count). The predicted molar refractivity (Wildman–Crippen MR) is 68.0 cm³/mol. The Morgan fingerprint density at radius 3 is 2.82 bits per heavy atom. The van der Waals surface area contributed by atoms with Gasteiger partial charge in [0.1, 0.15) is 0 Å². The molecule has 0 heterocycles. The Kier molecular flexibility index (Phi) is 4.15. The highest BCUT2D eigenvalue weighted by Gasteiger charge is 2.15. The van der Waals surface area contributed by atoms with E-state index in [9.17, 15) is 5.11 Å². The standard InChI is InChI=1S/C14H21NO2/c1-15(7-8-16)10-14(17)13-6-5-11-3-2-4-12(11)9-13/h5-6,9,14,16-17H,2-4,7-8,10H2,1H3. The summed E-state index contributed by atoms with van der Waals surface area (Å²) in [4.78, 5) is 1.94. The molecule has 17 heavy (non-hydrogen) atoms. The van der Waals surface area contributed by atoms with E-state index in [2.05, 4.69) is 12.1 Å². The van der Waals surface area contributed by atoms with Gasteiger partial charge in [-0.05, 0) is 43.0 Å². The first kappa shape index (κ1) is 12.6. The number of rotatable bonds is 5. The van der Waals surface area contributed by atoms with E-state index >= 15 is 0 Å². The molecule has 0 saturated carbocycles. The van der Waals surface area contributed by atoms with Crippen molar-refractivity contribution in [1.29, 1.82) is 0 Å². The molecule has 1 atom stereocenters. The maximum absolute atomic E-state index is 10.1. The quantitative estimate of drug-likeness (QED) is 0.804. The summed E-state index contributed by atoms with van der Waals surface area (Å²) in [6, 6.07) is 6.31. The molecule has 94 valence electrons. The van der Waals surface area contributed by atoms with Gasteiger partial charge in [-0.3, -0.25) is 0 Å². The Bertz CT molecular complexity index is 378. The minimum absolute atomic E-state index is 0.132. The Morgan fingerprint density at radius 1 is 1.29 bits per heavy atom. The van der Waals surface area contributed by atoms with Crippen LogP contribution in [0.2, 0.25) is 0 Å². The van der Waals surface area contributed by atoms with Gasteiger partial charge in [0.05, 0.1) is 12.7 Å². The molecule has 1 aliphatic rings. The zero-order chi connectivity index (χ0) is 12.3. The van der Waals surface area contributed by atoms with Crippen LogP contribution in [0.25, 0.3) is 0 Å². The lowest BCUT2D eigenvalue weighted by molar-refractivity contribution is 0.115. The topological polar surface area (TPSA) is 43.7 Å². The van der Waals surface area contributed by atoms with Gasteiger partial charge in [0.15, 0.2) is 0 Å². The molecule has 0 spiro atoms. The summed E-state index contributed by atoms with van der Waals surface area (Å²) in [6.45, 7) is 1.30. The minimum atomic E-state index is -0.461. The molecule has 1 aliphatic carbocycles. The number of aliphatic hydroxyl groups is 2. The van der Waals surface area contributed by atoms with Crippen LogP contribution in [0.1, 0.15) is 29.2 Å². The van der Waals surface area contributed by atoms with E-state index in [1.165, 1.54) is 24.0 Å². The summed E-state index contributed by atoms with van der Waals surface area (Å²) in [7, 11) is 1.91. The molecule has 0 saturated heterocycles. The van der Waals surface area contributed by atoms with Gasteiger partial charge in [-0.15, -0.1) is 0 Å². The Labute approximate surface area is 103 Å². The Hall–Kier alpha value is -0.900. The summed E-state index contributed by atoms with van der Waals surface area (Å²) in [5, 5.41) is 18.9. The highest BCUT2D eigenvalue weighted by Crippen LogP contribution is 2.25. The highest BCUT2D eigenvalue weighted by atomic mass is 16.3. The molecule has 0 aliphatic heterocycles. The molecule has 0 aromatic heterocycles. The summed E-state index contributed by atoms with van der Waals surface area (Å²) in [5.41, 5.74) is 3.83. The third kappa shape index (κ3) is 3.06. The van der Waals surface area contributed by atoms with E-state index in [0.29, 0.717) is 13.1 Å². The third-order valence-corrected chi connectivity index (χ3v) is 3.47. The van der Waals surface area contributed by atoms with Gasteiger partial charge in [-0.2, -0.15) is 0 Å². The summed E-state index contributed by atoms with van der Waals surface area (Å²) >= 11 is 0. The third-order valence-electron chi connectivity index (χ3n) is 3.47. The molecule has 0 amide bonds. The lowest BCUT2D eigenvalue weighted by Crippen LogP contribution is -2.27. The summed E-state index contributed by atoms with van der Waals surface area (Å²) < 4.78 is 0. The Balaban J connectivity index is 2.01. The molecule has 1 unspecified atom stereocenters. The van der Waals surface area contributed by atoms with E-state index in [0.717, 1.165) is 12.0 Å². The Morgan fingerprint density at radius 2 is 2.06 bits per heavy atom. The largest absolute Gasteiger partial charge is 0.395 e. The zero-order valence-corrected chi connectivity index (χ0v) is 10.4. The zero-order valence-electron chi connectivity index (χ0n) is 10.4. The average molecular weight is 235 g/mol. The number of aryl methyl sites for hydroxylation is 2. The molecule has 3 heteroatoms. The van der Waals surface area contributed by atoms with Gasteiger partial charge in [0.25, 0.3) is 0 Å². The van der Waals surface area contributed by atoms with Gasteiger partial charge in [0.2, 0.25) is 0 Å². The molecule has 0 radical (unpaired) electrons. The number of hydrogen-bond acceptors (Lipinski definition) is 3. The molecule has 0 bridgehead atoms. The normalized spacial score (nSPS) is 16.2. The van der Waals surface area contributed by atoms with Gasteiger partial charge >= 0.3 is 0 Å². The van der Waals surface area contributed by atoms with Gasteiger partial charge in [-0.25, -0.2) is 0 Å². The SMILES string of the molecule is CN(CCO)CC(O)c1ccc2c(c1)CCC2. The first-order chi connectivity index (χ1) is 8.20. The van der Waals surface area contributed by atoms with Gasteiger partial charge < -0.3 is 15.1 Å². The second-order valence-electron chi connectivity index (χ2n) is 4.88. The predicted octanol–water partition coefficient (Wildman–Crippen LogP) is 1.13. The van der Waals surface area contributed by atoms with Crippen LogP contribution in [0, 0.1) is 0 Å². The van der Waals surface area contributed by atoms with Crippen LogP contribution in [0.3, 0.4) is 0 Å². The van der Waals surface area contributed by atoms with Gasteiger partial charge in [0, 0.05) is 13.1 Å². The molecule has 2 N–H and O–H groups in total. The molecule has 1 aromatic carbocycles. The van der Waals surface area contributed by atoms with Crippen LogP contribution in [0.5, 0.6) is 0 Å². The monoisotopic (exact) mass is 235 g/mol. The average Bonchev–Trinajstić information content (AvgIpc) is 2.75. The minimum Gasteiger partial charge on any atom is -0.395 e. The number of hydrogen-bond donors (Lipinski definition) is 2. The summed E-state index contributed by atoms with van der Waals surface area (Å²) in [5.74, 6) is 0. The number of likely N-dealkylation sites (N-methyl/N-ethyl adjacent to an activating group) is 1. The molecular weight excluding hydrogens is 214 g/mol. The van der Waals surface area contributed by atoms with E-state index in [1.54, 1.807) is 0 Å². The number of aliphatic hydroxyl groups excluding tert-OH is 2.